The van der Waals surface area contributed by atoms with Crippen LogP contribution in [0.1, 0.15) is 49.9 Å². The largest absolute Gasteiger partial charge is 0.339 e. The lowest BCUT2D eigenvalue weighted by molar-refractivity contribution is 0.0750. The van der Waals surface area contributed by atoms with E-state index in [2.05, 4.69) is 18.8 Å². The molecule has 0 aliphatic carbocycles. The molecule has 0 bridgehead atoms. The molecule has 0 N–H and O–H groups in total. The fraction of sp³-hybridized carbons (Fsp3) is 0.571. The van der Waals surface area contributed by atoms with Crippen molar-refractivity contribution in [3.63, 3.8) is 0 Å². The summed E-state index contributed by atoms with van der Waals surface area (Å²) >= 11 is 5.73. The molecule has 100 valence electrons. The molecule has 4 heteroatoms. The van der Waals surface area contributed by atoms with Crippen LogP contribution in [0.25, 0.3) is 0 Å². The maximum Gasteiger partial charge on any atom is 0.255 e. The highest BCUT2D eigenvalue weighted by Gasteiger charge is 2.14. The average molecular weight is 269 g/mol. The summed E-state index contributed by atoms with van der Waals surface area (Å²) in [6.45, 7) is 5.90. The second-order valence-electron chi connectivity index (χ2n) is 4.37. The molecule has 0 atom stereocenters. The van der Waals surface area contributed by atoms with E-state index in [1.807, 2.05) is 4.90 Å². The molecular weight excluding hydrogens is 248 g/mol. The van der Waals surface area contributed by atoms with E-state index < -0.39 is 0 Å². The third-order valence-corrected chi connectivity index (χ3v) is 3.05. The molecule has 0 saturated heterocycles. The fourth-order valence-electron chi connectivity index (χ4n) is 1.70. The monoisotopic (exact) mass is 268 g/mol. The lowest BCUT2D eigenvalue weighted by Crippen LogP contribution is -2.33. The van der Waals surface area contributed by atoms with Gasteiger partial charge in [0.25, 0.3) is 5.91 Å². The molecule has 0 saturated carbocycles. The zero-order valence-electron chi connectivity index (χ0n) is 11.2. The second-order valence-corrected chi connectivity index (χ2v) is 4.76. The third kappa shape index (κ3) is 4.65. The van der Waals surface area contributed by atoms with Crippen LogP contribution < -0.4 is 0 Å². The highest BCUT2D eigenvalue weighted by Crippen LogP contribution is 2.10. The predicted molar refractivity (Wildman–Crippen MR) is 75.0 cm³/mol. The Hall–Kier alpha value is -1.09. The van der Waals surface area contributed by atoms with Gasteiger partial charge in [-0.05, 0) is 25.0 Å². The van der Waals surface area contributed by atoms with E-state index >= 15 is 0 Å². The third-order valence-electron chi connectivity index (χ3n) is 2.82. The Morgan fingerprint density at radius 3 is 2.28 bits per heavy atom. The van der Waals surface area contributed by atoms with Gasteiger partial charge in [-0.25, -0.2) is 4.98 Å². The van der Waals surface area contributed by atoms with E-state index in [1.165, 1.54) is 0 Å². The summed E-state index contributed by atoms with van der Waals surface area (Å²) in [5.74, 6) is 0.0565. The SMILES string of the molecule is CCCCN(CCCC)C(=O)c1ccc(Cl)nc1. The molecule has 1 rings (SSSR count). The van der Waals surface area contributed by atoms with Crippen LogP contribution in [0.3, 0.4) is 0 Å². The number of aromatic nitrogens is 1. The van der Waals surface area contributed by atoms with Gasteiger partial charge in [-0.15, -0.1) is 0 Å². The summed E-state index contributed by atoms with van der Waals surface area (Å²) in [5, 5.41) is 0.417. The van der Waals surface area contributed by atoms with Crippen LogP contribution in [0.4, 0.5) is 0 Å². The Bertz CT molecular complexity index is 357. The number of pyridine rings is 1. The van der Waals surface area contributed by atoms with Crippen molar-refractivity contribution in [3.8, 4) is 0 Å². The smallest absolute Gasteiger partial charge is 0.255 e. The number of rotatable bonds is 7. The Labute approximate surface area is 114 Å². The first-order valence-electron chi connectivity index (χ1n) is 6.59. The zero-order valence-corrected chi connectivity index (χ0v) is 11.9. The van der Waals surface area contributed by atoms with E-state index in [0.29, 0.717) is 10.7 Å². The van der Waals surface area contributed by atoms with Crippen molar-refractivity contribution in [2.24, 2.45) is 0 Å². The first-order valence-corrected chi connectivity index (χ1v) is 6.97. The van der Waals surface area contributed by atoms with Crippen molar-refractivity contribution in [1.29, 1.82) is 0 Å². The number of carbonyl (C=O) groups excluding carboxylic acids is 1. The minimum Gasteiger partial charge on any atom is -0.339 e. The van der Waals surface area contributed by atoms with Crippen LogP contribution in [0.5, 0.6) is 0 Å². The molecule has 0 aliphatic rings. The van der Waals surface area contributed by atoms with Crippen molar-refractivity contribution in [1.82, 2.24) is 9.88 Å². The summed E-state index contributed by atoms with van der Waals surface area (Å²) in [6.07, 6.45) is 5.81. The van der Waals surface area contributed by atoms with E-state index in [4.69, 9.17) is 11.6 Å². The molecule has 0 unspecified atom stereocenters. The van der Waals surface area contributed by atoms with Gasteiger partial charge < -0.3 is 4.90 Å². The summed E-state index contributed by atoms with van der Waals surface area (Å²) in [7, 11) is 0. The highest BCUT2D eigenvalue weighted by atomic mass is 35.5. The summed E-state index contributed by atoms with van der Waals surface area (Å²) < 4.78 is 0. The number of amides is 1. The number of carbonyl (C=O) groups is 1. The van der Waals surface area contributed by atoms with Crippen LogP contribution in [0.2, 0.25) is 5.15 Å². The van der Waals surface area contributed by atoms with Gasteiger partial charge in [0.15, 0.2) is 0 Å². The second kappa shape index (κ2) is 8.09. The molecule has 0 radical (unpaired) electrons. The Morgan fingerprint density at radius 1 is 1.22 bits per heavy atom. The Balaban J connectivity index is 2.70. The molecule has 1 amide bonds. The van der Waals surface area contributed by atoms with Crippen molar-refractivity contribution in [3.05, 3.63) is 29.0 Å². The van der Waals surface area contributed by atoms with Gasteiger partial charge in [0.05, 0.1) is 5.56 Å². The number of nitrogens with zero attached hydrogens (tertiary/aromatic N) is 2. The Kier molecular flexibility index (Phi) is 6.73. The molecule has 3 nitrogen and oxygen atoms in total. The lowest BCUT2D eigenvalue weighted by Gasteiger charge is -2.22. The van der Waals surface area contributed by atoms with Crippen LogP contribution in [-0.2, 0) is 0 Å². The van der Waals surface area contributed by atoms with Crippen molar-refractivity contribution in [2.45, 2.75) is 39.5 Å². The van der Waals surface area contributed by atoms with Gasteiger partial charge in [0.1, 0.15) is 5.15 Å². The first kappa shape index (κ1) is 15.0. The van der Waals surface area contributed by atoms with Gasteiger partial charge in [0, 0.05) is 19.3 Å². The summed E-state index contributed by atoms with van der Waals surface area (Å²) in [4.78, 5) is 18.2. The number of hydrogen-bond acceptors (Lipinski definition) is 2. The quantitative estimate of drug-likeness (QED) is 0.705. The van der Waals surface area contributed by atoms with Gasteiger partial charge in [-0.1, -0.05) is 38.3 Å². The minimum absolute atomic E-state index is 0.0565. The molecular formula is C14H21ClN2O. The molecule has 0 fully saturated rings. The van der Waals surface area contributed by atoms with E-state index in [1.54, 1.807) is 18.3 Å². The Morgan fingerprint density at radius 2 is 1.83 bits per heavy atom. The van der Waals surface area contributed by atoms with Crippen molar-refractivity contribution < 1.29 is 4.79 Å². The number of hydrogen-bond donors (Lipinski definition) is 0. The summed E-state index contributed by atoms with van der Waals surface area (Å²) in [6, 6.07) is 3.40. The topological polar surface area (TPSA) is 33.2 Å². The van der Waals surface area contributed by atoms with Crippen molar-refractivity contribution >= 4 is 17.5 Å². The average Bonchev–Trinajstić information content (AvgIpc) is 2.39. The molecule has 1 aromatic heterocycles. The summed E-state index contributed by atoms with van der Waals surface area (Å²) in [5.41, 5.74) is 0.617. The number of halogens is 1. The zero-order chi connectivity index (χ0) is 13.4. The van der Waals surface area contributed by atoms with E-state index in [9.17, 15) is 4.79 Å². The maximum absolute atomic E-state index is 12.3. The molecule has 1 aromatic rings. The van der Waals surface area contributed by atoms with Crippen LogP contribution in [0, 0.1) is 0 Å². The van der Waals surface area contributed by atoms with Gasteiger partial charge >= 0.3 is 0 Å². The molecule has 0 aromatic carbocycles. The predicted octanol–water partition coefficient (Wildman–Crippen LogP) is 3.78. The molecule has 1 heterocycles. The van der Waals surface area contributed by atoms with E-state index in [0.717, 1.165) is 38.8 Å². The standard InChI is InChI=1S/C14H21ClN2O/c1-3-5-9-17(10-6-4-2)14(18)12-7-8-13(15)16-11-12/h7-8,11H,3-6,9-10H2,1-2H3. The van der Waals surface area contributed by atoms with Crippen LogP contribution in [0.15, 0.2) is 18.3 Å². The lowest BCUT2D eigenvalue weighted by atomic mass is 10.2. The van der Waals surface area contributed by atoms with Crippen LogP contribution >= 0.6 is 11.6 Å². The van der Waals surface area contributed by atoms with Crippen LogP contribution in [-0.4, -0.2) is 28.9 Å². The maximum atomic E-state index is 12.3. The van der Waals surface area contributed by atoms with Crippen molar-refractivity contribution in [2.75, 3.05) is 13.1 Å². The molecule has 0 aliphatic heterocycles. The van der Waals surface area contributed by atoms with E-state index in [-0.39, 0.29) is 5.91 Å². The molecule has 18 heavy (non-hydrogen) atoms. The van der Waals surface area contributed by atoms with Gasteiger partial charge in [-0.3, -0.25) is 4.79 Å². The normalized spacial score (nSPS) is 10.4. The first-order chi connectivity index (χ1) is 8.69. The minimum atomic E-state index is 0.0565. The van der Waals surface area contributed by atoms with Gasteiger partial charge in [-0.2, -0.15) is 0 Å². The van der Waals surface area contributed by atoms with Gasteiger partial charge in [0.2, 0.25) is 0 Å². The number of unbranched alkanes of at least 4 members (excludes halogenated alkanes) is 2. The highest BCUT2D eigenvalue weighted by molar-refractivity contribution is 6.29. The molecule has 0 spiro atoms. The fourth-order valence-corrected chi connectivity index (χ4v) is 1.81.